The molecule has 4 rings (SSSR count). The number of benzene rings is 2. The Morgan fingerprint density at radius 3 is 2.13 bits per heavy atom. The van der Waals surface area contributed by atoms with Crippen molar-refractivity contribution in [2.75, 3.05) is 33.3 Å². The van der Waals surface area contributed by atoms with Crippen molar-refractivity contribution in [1.82, 2.24) is 9.80 Å². The maximum absolute atomic E-state index is 12.7. The minimum atomic E-state index is -0.0294. The van der Waals surface area contributed by atoms with E-state index in [1.807, 2.05) is 30.3 Å². The summed E-state index contributed by atoms with van der Waals surface area (Å²) in [6, 6.07) is 26.3. The van der Waals surface area contributed by atoms with Gasteiger partial charge < -0.3 is 4.74 Å². The minimum Gasteiger partial charge on any atom is -0.493 e. The molecule has 1 unspecified atom stereocenters. The Hall–Kier alpha value is -2.66. The molecule has 0 radical (unpaired) electrons. The molecule has 1 heterocycles. The Kier molecular flexibility index (Phi) is 7.03. The van der Waals surface area contributed by atoms with Crippen LogP contribution in [0.25, 0.3) is 0 Å². The van der Waals surface area contributed by atoms with Gasteiger partial charge in [-0.1, -0.05) is 72.3 Å². The molecule has 1 fully saturated rings. The maximum atomic E-state index is 12.7. The van der Waals surface area contributed by atoms with Crippen LogP contribution in [0.5, 0.6) is 5.75 Å². The zero-order valence-electron chi connectivity index (χ0n) is 17.7. The SMILES string of the molecule is COc1ccccc(CN2CCN(C(c3ccccc3)c3ccc(Cl)cc3)CC2)c1=O. The van der Waals surface area contributed by atoms with E-state index in [9.17, 15) is 4.79 Å². The second kappa shape index (κ2) is 10.1. The van der Waals surface area contributed by atoms with Crippen molar-refractivity contribution in [3.63, 3.8) is 0 Å². The van der Waals surface area contributed by atoms with Crippen LogP contribution in [0.3, 0.4) is 0 Å². The van der Waals surface area contributed by atoms with E-state index >= 15 is 0 Å². The van der Waals surface area contributed by atoms with Crippen molar-refractivity contribution in [3.8, 4) is 5.75 Å². The van der Waals surface area contributed by atoms with Gasteiger partial charge in [0.15, 0.2) is 5.75 Å². The van der Waals surface area contributed by atoms with Crippen molar-refractivity contribution < 1.29 is 4.74 Å². The van der Waals surface area contributed by atoms with Crippen LogP contribution in [0.2, 0.25) is 5.02 Å². The van der Waals surface area contributed by atoms with Crippen molar-refractivity contribution in [2.24, 2.45) is 0 Å². The highest BCUT2D eigenvalue weighted by Gasteiger charge is 2.26. The van der Waals surface area contributed by atoms with Gasteiger partial charge in [0, 0.05) is 43.3 Å². The first-order valence-electron chi connectivity index (χ1n) is 10.6. The zero-order chi connectivity index (χ0) is 21.6. The molecule has 5 heteroatoms. The second-order valence-electron chi connectivity index (χ2n) is 7.82. The highest BCUT2D eigenvalue weighted by molar-refractivity contribution is 6.30. The highest BCUT2D eigenvalue weighted by atomic mass is 35.5. The topological polar surface area (TPSA) is 32.8 Å². The van der Waals surface area contributed by atoms with Gasteiger partial charge in [0.1, 0.15) is 0 Å². The lowest BCUT2D eigenvalue weighted by Crippen LogP contribution is -2.47. The number of hydrogen-bond donors (Lipinski definition) is 0. The van der Waals surface area contributed by atoms with Gasteiger partial charge in [-0.05, 0) is 29.3 Å². The Balaban J connectivity index is 1.50. The van der Waals surface area contributed by atoms with Gasteiger partial charge >= 0.3 is 0 Å². The molecule has 1 aliphatic heterocycles. The molecule has 3 aromatic carbocycles. The molecule has 0 amide bonds. The van der Waals surface area contributed by atoms with Gasteiger partial charge in [-0.25, -0.2) is 0 Å². The fourth-order valence-electron chi connectivity index (χ4n) is 4.22. The van der Waals surface area contributed by atoms with E-state index in [0.29, 0.717) is 12.3 Å². The predicted molar refractivity (Wildman–Crippen MR) is 126 cm³/mol. The van der Waals surface area contributed by atoms with Crippen LogP contribution in [0.1, 0.15) is 22.7 Å². The lowest BCUT2D eigenvalue weighted by molar-refractivity contribution is 0.104. The largest absolute Gasteiger partial charge is 0.493 e. The van der Waals surface area contributed by atoms with E-state index in [1.54, 1.807) is 13.2 Å². The third-order valence-electron chi connectivity index (χ3n) is 5.86. The molecular weight excluding hydrogens is 408 g/mol. The minimum absolute atomic E-state index is 0.0294. The quantitative estimate of drug-likeness (QED) is 0.567. The Morgan fingerprint density at radius 1 is 0.839 bits per heavy atom. The third-order valence-corrected chi connectivity index (χ3v) is 6.11. The van der Waals surface area contributed by atoms with Crippen molar-refractivity contribution >= 4 is 11.6 Å². The van der Waals surface area contributed by atoms with E-state index in [0.717, 1.165) is 36.8 Å². The molecular formula is C26H27ClN2O2. The predicted octanol–water partition coefficient (Wildman–Crippen LogP) is 4.62. The van der Waals surface area contributed by atoms with Crippen LogP contribution in [0.15, 0.2) is 83.7 Å². The molecule has 31 heavy (non-hydrogen) atoms. The number of rotatable bonds is 6. The third kappa shape index (κ3) is 5.16. The second-order valence-corrected chi connectivity index (χ2v) is 8.25. The zero-order valence-corrected chi connectivity index (χ0v) is 18.5. The van der Waals surface area contributed by atoms with Gasteiger partial charge in [-0.2, -0.15) is 0 Å². The van der Waals surface area contributed by atoms with Crippen LogP contribution in [0, 0.1) is 0 Å². The van der Waals surface area contributed by atoms with Gasteiger partial charge in [0.05, 0.1) is 13.2 Å². The standard InChI is InChI=1S/C26H27ClN2O2/c1-31-24-10-6-5-9-22(26(24)30)19-28-15-17-29(18-16-28)25(20-7-3-2-4-8-20)21-11-13-23(27)14-12-21/h2-14,25H,15-19H2,1H3. The van der Waals surface area contributed by atoms with Crippen LogP contribution < -0.4 is 10.2 Å². The first-order valence-corrected chi connectivity index (χ1v) is 11.0. The average molecular weight is 435 g/mol. The molecule has 4 nitrogen and oxygen atoms in total. The molecule has 0 N–H and O–H groups in total. The molecule has 0 aliphatic carbocycles. The fraction of sp³-hybridized carbons (Fsp3) is 0.269. The number of methoxy groups -OCH3 is 1. The molecule has 0 spiro atoms. The molecule has 0 saturated carbocycles. The molecule has 1 aliphatic rings. The molecule has 0 bridgehead atoms. The van der Waals surface area contributed by atoms with Crippen molar-refractivity contribution in [1.29, 1.82) is 0 Å². The summed E-state index contributed by atoms with van der Waals surface area (Å²) in [4.78, 5) is 17.5. The van der Waals surface area contributed by atoms with Gasteiger partial charge in [-0.15, -0.1) is 0 Å². The molecule has 1 saturated heterocycles. The van der Waals surface area contributed by atoms with E-state index in [2.05, 4.69) is 52.3 Å². The lowest BCUT2D eigenvalue weighted by atomic mass is 9.96. The average Bonchev–Trinajstić information content (AvgIpc) is 2.98. The number of ether oxygens (including phenoxy) is 1. The first kappa shape index (κ1) is 21.6. The molecule has 160 valence electrons. The number of halogens is 1. The van der Waals surface area contributed by atoms with Gasteiger partial charge in [0.25, 0.3) is 0 Å². The summed E-state index contributed by atoms with van der Waals surface area (Å²) >= 11 is 6.13. The van der Waals surface area contributed by atoms with Crippen molar-refractivity contribution in [2.45, 2.75) is 12.6 Å². The Morgan fingerprint density at radius 2 is 1.45 bits per heavy atom. The molecule has 3 aromatic rings. The van der Waals surface area contributed by atoms with E-state index in [1.165, 1.54) is 11.1 Å². The van der Waals surface area contributed by atoms with Crippen LogP contribution in [-0.2, 0) is 6.54 Å². The number of nitrogens with zero attached hydrogens (tertiary/aromatic N) is 2. The van der Waals surface area contributed by atoms with Crippen molar-refractivity contribution in [3.05, 3.63) is 111 Å². The van der Waals surface area contributed by atoms with Crippen LogP contribution in [0.4, 0.5) is 0 Å². The summed E-state index contributed by atoms with van der Waals surface area (Å²) in [5, 5.41) is 0.750. The summed E-state index contributed by atoms with van der Waals surface area (Å²) in [5.41, 5.74) is 3.26. The van der Waals surface area contributed by atoms with Gasteiger partial charge in [-0.3, -0.25) is 14.6 Å². The fourth-order valence-corrected chi connectivity index (χ4v) is 4.35. The van der Waals surface area contributed by atoms with Crippen LogP contribution >= 0.6 is 11.6 Å². The maximum Gasteiger partial charge on any atom is 0.224 e. The highest BCUT2D eigenvalue weighted by Crippen LogP contribution is 2.30. The Bertz CT molecular complexity index is 1050. The molecule has 1 atom stereocenters. The van der Waals surface area contributed by atoms with E-state index in [4.69, 9.17) is 16.3 Å². The Labute approximate surface area is 188 Å². The van der Waals surface area contributed by atoms with Gasteiger partial charge in [0.2, 0.25) is 5.43 Å². The normalized spacial score (nSPS) is 16.1. The summed E-state index contributed by atoms with van der Waals surface area (Å²) < 4.78 is 5.24. The summed E-state index contributed by atoms with van der Waals surface area (Å²) in [6.07, 6.45) is 0. The molecule has 0 aromatic heterocycles. The number of piperazine rings is 1. The monoisotopic (exact) mass is 434 g/mol. The van der Waals surface area contributed by atoms with Crippen LogP contribution in [-0.4, -0.2) is 43.1 Å². The van der Waals surface area contributed by atoms with E-state index < -0.39 is 0 Å². The first-order chi connectivity index (χ1) is 15.2. The summed E-state index contributed by atoms with van der Waals surface area (Å²) in [6.45, 7) is 4.28. The summed E-state index contributed by atoms with van der Waals surface area (Å²) in [7, 11) is 1.54. The number of hydrogen-bond acceptors (Lipinski definition) is 4. The van der Waals surface area contributed by atoms with E-state index in [-0.39, 0.29) is 11.5 Å². The smallest absolute Gasteiger partial charge is 0.224 e. The lowest BCUT2D eigenvalue weighted by Gasteiger charge is -2.39. The summed E-state index contributed by atoms with van der Waals surface area (Å²) in [5.74, 6) is 0.394.